The second-order valence-corrected chi connectivity index (χ2v) is 10.1. The molecule has 1 fully saturated rings. The van der Waals surface area contributed by atoms with Crippen molar-refractivity contribution in [1.29, 1.82) is 0 Å². The Morgan fingerprint density at radius 1 is 1.06 bits per heavy atom. The minimum absolute atomic E-state index is 0.150. The van der Waals surface area contributed by atoms with Crippen LogP contribution >= 0.6 is 23.2 Å². The average molecular weight is 505 g/mol. The van der Waals surface area contributed by atoms with E-state index >= 15 is 0 Å². The van der Waals surface area contributed by atoms with Crippen LogP contribution in [-0.4, -0.2) is 35.4 Å². The summed E-state index contributed by atoms with van der Waals surface area (Å²) in [6.45, 7) is 7.81. The summed E-state index contributed by atoms with van der Waals surface area (Å²) in [5.74, 6) is 0.262. The highest BCUT2D eigenvalue weighted by atomic mass is 35.5. The Balaban J connectivity index is 1.77. The molecule has 0 aromatic heterocycles. The molecule has 0 spiro atoms. The van der Waals surface area contributed by atoms with Gasteiger partial charge in [-0.3, -0.25) is 9.59 Å². The van der Waals surface area contributed by atoms with E-state index < -0.39 is 6.04 Å². The van der Waals surface area contributed by atoms with Gasteiger partial charge in [-0.05, 0) is 81.0 Å². The Labute approximate surface area is 212 Å². The summed E-state index contributed by atoms with van der Waals surface area (Å²) in [5, 5.41) is 3.99. The fourth-order valence-corrected chi connectivity index (χ4v) is 4.68. The lowest BCUT2D eigenvalue weighted by Crippen LogP contribution is -2.51. The summed E-state index contributed by atoms with van der Waals surface area (Å²) >= 11 is 12.3. The Hall–Kier alpha value is -2.24. The van der Waals surface area contributed by atoms with Crippen LogP contribution in [0.15, 0.2) is 30.3 Å². The molecular formula is C27H34Cl2N2O3. The molecule has 2 amide bonds. The monoisotopic (exact) mass is 504 g/mol. The van der Waals surface area contributed by atoms with Crippen molar-refractivity contribution in [2.45, 2.75) is 78.4 Å². The molecule has 0 saturated heterocycles. The molecule has 1 N–H and O–H groups in total. The van der Waals surface area contributed by atoms with Gasteiger partial charge >= 0.3 is 0 Å². The van der Waals surface area contributed by atoms with Gasteiger partial charge in [-0.2, -0.15) is 0 Å². The van der Waals surface area contributed by atoms with Gasteiger partial charge in [0.05, 0.1) is 10.0 Å². The fourth-order valence-electron chi connectivity index (χ4n) is 4.36. The molecule has 34 heavy (non-hydrogen) atoms. The summed E-state index contributed by atoms with van der Waals surface area (Å²) in [4.78, 5) is 28.0. The zero-order valence-electron chi connectivity index (χ0n) is 20.4. The van der Waals surface area contributed by atoms with Gasteiger partial charge in [-0.1, -0.05) is 54.6 Å². The van der Waals surface area contributed by atoms with Crippen LogP contribution in [-0.2, 0) is 16.1 Å². The minimum Gasteiger partial charge on any atom is -0.483 e. The highest BCUT2D eigenvalue weighted by molar-refractivity contribution is 6.42. The number of rotatable bonds is 8. The number of aryl methyl sites for hydroxylation is 2. The molecule has 0 unspecified atom stereocenters. The van der Waals surface area contributed by atoms with Gasteiger partial charge in [0.25, 0.3) is 5.91 Å². The Kier molecular flexibility index (Phi) is 9.26. The topological polar surface area (TPSA) is 58.6 Å². The first-order valence-corrected chi connectivity index (χ1v) is 12.7. The number of hydrogen-bond donors (Lipinski definition) is 1. The summed E-state index contributed by atoms with van der Waals surface area (Å²) in [6, 6.07) is 8.76. The van der Waals surface area contributed by atoms with E-state index in [9.17, 15) is 9.59 Å². The molecule has 0 aliphatic heterocycles. The standard InChI is InChI=1S/C27H34Cl2N2O3/c1-17-12-18(2)19(3)25(13-17)34-16-26(32)31(15-21-10-11-23(28)24(29)14-21)20(4)27(33)30-22-8-6-5-7-9-22/h10-14,20,22H,5-9,15-16H2,1-4H3,(H,30,33)/t20-/m0/s1. The number of amides is 2. The third-order valence-corrected chi connectivity index (χ3v) is 7.31. The number of carbonyl (C=O) groups is 2. The number of nitrogens with one attached hydrogen (secondary N) is 1. The lowest BCUT2D eigenvalue weighted by Gasteiger charge is -2.31. The number of nitrogens with zero attached hydrogens (tertiary/aromatic N) is 1. The first-order valence-electron chi connectivity index (χ1n) is 11.9. The Morgan fingerprint density at radius 2 is 1.76 bits per heavy atom. The Morgan fingerprint density at radius 3 is 2.44 bits per heavy atom. The van der Waals surface area contributed by atoms with Crippen molar-refractivity contribution < 1.29 is 14.3 Å². The van der Waals surface area contributed by atoms with Crippen LogP contribution in [0.5, 0.6) is 5.75 Å². The van der Waals surface area contributed by atoms with Crippen LogP contribution < -0.4 is 10.1 Å². The van der Waals surface area contributed by atoms with Crippen molar-refractivity contribution in [2.24, 2.45) is 0 Å². The highest BCUT2D eigenvalue weighted by Gasteiger charge is 2.28. The summed E-state index contributed by atoms with van der Waals surface area (Å²) in [7, 11) is 0. The molecule has 184 valence electrons. The summed E-state index contributed by atoms with van der Waals surface area (Å²) in [6.07, 6.45) is 5.41. The van der Waals surface area contributed by atoms with Crippen molar-refractivity contribution in [3.05, 3.63) is 62.6 Å². The molecule has 1 atom stereocenters. The lowest BCUT2D eigenvalue weighted by atomic mass is 9.95. The third kappa shape index (κ3) is 6.89. The molecule has 1 saturated carbocycles. The van der Waals surface area contributed by atoms with Crippen LogP contribution in [0.3, 0.4) is 0 Å². The molecule has 0 heterocycles. The smallest absolute Gasteiger partial charge is 0.261 e. The molecule has 3 rings (SSSR count). The van der Waals surface area contributed by atoms with Gasteiger partial charge in [0.15, 0.2) is 6.61 Å². The second-order valence-electron chi connectivity index (χ2n) is 9.28. The van der Waals surface area contributed by atoms with E-state index in [1.807, 2.05) is 32.9 Å². The van der Waals surface area contributed by atoms with E-state index in [1.54, 1.807) is 24.0 Å². The number of carbonyl (C=O) groups excluding carboxylic acids is 2. The molecule has 0 bridgehead atoms. The molecule has 1 aliphatic rings. The molecule has 7 heteroatoms. The zero-order valence-corrected chi connectivity index (χ0v) is 21.9. The molecule has 1 aliphatic carbocycles. The number of benzene rings is 2. The van der Waals surface area contributed by atoms with Gasteiger partial charge < -0.3 is 15.0 Å². The largest absolute Gasteiger partial charge is 0.483 e. The van der Waals surface area contributed by atoms with Crippen molar-refractivity contribution in [1.82, 2.24) is 10.2 Å². The predicted molar refractivity (Wildman–Crippen MR) is 138 cm³/mol. The number of ether oxygens (including phenoxy) is 1. The maximum Gasteiger partial charge on any atom is 0.261 e. The van der Waals surface area contributed by atoms with Crippen molar-refractivity contribution in [3.63, 3.8) is 0 Å². The van der Waals surface area contributed by atoms with E-state index in [0.717, 1.165) is 47.9 Å². The normalized spacial score (nSPS) is 15.0. The SMILES string of the molecule is Cc1cc(C)c(C)c(OCC(=O)N(Cc2ccc(Cl)c(Cl)c2)[C@@H](C)C(=O)NC2CCCCC2)c1. The molecule has 2 aromatic carbocycles. The molecule has 5 nitrogen and oxygen atoms in total. The van der Waals surface area contributed by atoms with Crippen molar-refractivity contribution in [2.75, 3.05) is 6.61 Å². The fraction of sp³-hybridized carbons (Fsp3) is 0.481. The van der Waals surface area contributed by atoms with E-state index in [2.05, 4.69) is 11.4 Å². The van der Waals surface area contributed by atoms with Gasteiger partial charge in [0, 0.05) is 12.6 Å². The molecule has 2 aromatic rings. The maximum absolute atomic E-state index is 13.4. The zero-order chi connectivity index (χ0) is 24.8. The third-order valence-electron chi connectivity index (χ3n) is 6.57. The van der Waals surface area contributed by atoms with E-state index in [0.29, 0.717) is 15.8 Å². The van der Waals surface area contributed by atoms with E-state index in [-0.39, 0.29) is 31.0 Å². The average Bonchev–Trinajstić information content (AvgIpc) is 2.81. The van der Waals surface area contributed by atoms with Gasteiger partial charge in [-0.25, -0.2) is 0 Å². The minimum atomic E-state index is -0.659. The van der Waals surface area contributed by atoms with Crippen molar-refractivity contribution in [3.8, 4) is 5.75 Å². The summed E-state index contributed by atoms with van der Waals surface area (Å²) in [5.41, 5.74) is 3.97. The first kappa shape index (κ1) is 26.4. The Bertz CT molecular complexity index is 1030. The van der Waals surface area contributed by atoms with Gasteiger partial charge in [0.1, 0.15) is 11.8 Å². The van der Waals surface area contributed by atoms with Crippen LogP contribution in [0.25, 0.3) is 0 Å². The van der Waals surface area contributed by atoms with E-state index in [1.165, 1.54) is 6.42 Å². The predicted octanol–water partition coefficient (Wildman–Crippen LogP) is 6.16. The molecular weight excluding hydrogens is 471 g/mol. The quantitative estimate of drug-likeness (QED) is 0.467. The van der Waals surface area contributed by atoms with Crippen LogP contribution in [0.4, 0.5) is 0 Å². The number of halogens is 2. The lowest BCUT2D eigenvalue weighted by molar-refractivity contribution is -0.142. The van der Waals surface area contributed by atoms with Crippen molar-refractivity contribution >= 4 is 35.0 Å². The second kappa shape index (κ2) is 11.9. The maximum atomic E-state index is 13.4. The number of hydrogen-bond acceptors (Lipinski definition) is 3. The van der Waals surface area contributed by atoms with Crippen LogP contribution in [0, 0.1) is 20.8 Å². The van der Waals surface area contributed by atoms with Gasteiger partial charge in [-0.15, -0.1) is 0 Å². The summed E-state index contributed by atoms with van der Waals surface area (Å²) < 4.78 is 5.93. The van der Waals surface area contributed by atoms with Crippen LogP contribution in [0.1, 0.15) is 61.3 Å². The highest BCUT2D eigenvalue weighted by Crippen LogP contribution is 2.25. The molecule has 0 radical (unpaired) electrons. The first-order chi connectivity index (χ1) is 16.2. The van der Waals surface area contributed by atoms with Gasteiger partial charge in [0.2, 0.25) is 5.91 Å². The van der Waals surface area contributed by atoms with E-state index in [4.69, 9.17) is 27.9 Å². The van der Waals surface area contributed by atoms with Crippen LogP contribution in [0.2, 0.25) is 10.0 Å².